The monoisotopic (exact) mass is 157 g/mol. The first kappa shape index (κ1) is 8.15. The van der Waals surface area contributed by atoms with Crippen molar-refractivity contribution in [3.05, 3.63) is 12.2 Å². The van der Waals surface area contributed by atoms with Crippen LogP contribution in [0.3, 0.4) is 0 Å². The van der Waals surface area contributed by atoms with Crippen LogP contribution in [0.2, 0.25) is 0 Å². The second-order valence-electron chi connectivity index (χ2n) is 2.87. The molecule has 0 aromatic rings. The molecule has 0 bridgehead atoms. The highest BCUT2D eigenvalue weighted by Crippen LogP contribution is 2.24. The zero-order valence-electron chi connectivity index (χ0n) is 6.42. The highest BCUT2D eigenvalue weighted by molar-refractivity contribution is 7.99. The van der Waals surface area contributed by atoms with Gasteiger partial charge >= 0.3 is 0 Å². The van der Waals surface area contributed by atoms with Crippen LogP contribution in [0.1, 0.15) is 13.3 Å². The molecule has 1 nitrogen and oxygen atoms in total. The van der Waals surface area contributed by atoms with E-state index in [1.54, 1.807) is 0 Å². The van der Waals surface area contributed by atoms with Crippen LogP contribution in [-0.4, -0.2) is 17.5 Å². The van der Waals surface area contributed by atoms with Crippen molar-refractivity contribution in [2.45, 2.75) is 19.4 Å². The van der Waals surface area contributed by atoms with Crippen LogP contribution in [0.4, 0.5) is 0 Å². The molecule has 0 aromatic heterocycles. The largest absolute Gasteiger partial charge is 0.325 e. The van der Waals surface area contributed by atoms with Crippen molar-refractivity contribution in [3.63, 3.8) is 0 Å². The molecule has 1 aliphatic rings. The average molecular weight is 157 g/mol. The van der Waals surface area contributed by atoms with Gasteiger partial charge < -0.3 is 5.73 Å². The predicted molar refractivity (Wildman–Crippen MR) is 48.2 cm³/mol. The number of rotatable bonds is 2. The van der Waals surface area contributed by atoms with Crippen LogP contribution in [0.5, 0.6) is 0 Å². The molecule has 0 amide bonds. The van der Waals surface area contributed by atoms with Gasteiger partial charge in [0.2, 0.25) is 0 Å². The van der Waals surface area contributed by atoms with E-state index in [1.165, 1.54) is 17.9 Å². The summed E-state index contributed by atoms with van der Waals surface area (Å²) in [6, 6.07) is 0.227. The Labute approximate surface area is 67.1 Å². The maximum atomic E-state index is 5.58. The topological polar surface area (TPSA) is 26.0 Å². The molecule has 0 saturated carbocycles. The Balaban J connectivity index is 2.23. The lowest BCUT2D eigenvalue weighted by Crippen LogP contribution is -2.11. The lowest BCUT2D eigenvalue weighted by Gasteiger charge is -2.00. The molecule has 0 aromatic carbocycles. The summed E-state index contributed by atoms with van der Waals surface area (Å²) in [5.41, 5.74) is 5.58. The first-order valence-corrected chi connectivity index (χ1v) is 4.96. The molecule has 1 fully saturated rings. The summed E-state index contributed by atoms with van der Waals surface area (Å²) in [5, 5.41) is 0. The van der Waals surface area contributed by atoms with Crippen molar-refractivity contribution < 1.29 is 0 Å². The zero-order chi connectivity index (χ0) is 7.40. The maximum Gasteiger partial charge on any atom is 0.0194 e. The van der Waals surface area contributed by atoms with Gasteiger partial charge in [-0.3, -0.25) is 0 Å². The maximum absolute atomic E-state index is 5.58. The van der Waals surface area contributed by atoms with E-state index in [-0.39, 0.29) is 6.04 Å². The van der Waals surface area contributed by atoms with Gasteiger partial charge in [0.15, 0.2) is 0 Å². The molecule has 58 valence electrons. The van der Waals surface area contributed by atoms with Gasteiger partial charge in [0.05, 0.1) is 0 Å². The molecule has 2 unspecified atom stereocenters. The molecule has 1 heterocycles. The fourth-order valence-corrected chi connectivity index (χ4v) is 2.25. The van der Waals surface area contributed by atoms with Crippen molar-refractivity contribution in [2.24, 2.45) is 11.7 Å². The summed E-state index contributed by atoms with van der Waals surface area (Å²) in [5.74, 6) is 3.42. The van der Waals surface area contributed by atoms with Crippen LogP contribution >= 0.6 is 11.8 Å². The molecule has 0 radical (unpaired) electrons. The Morgan fingerprint density at radius 2 is 2.50 bits per heavy atom. The smallest absolute Gasteiger partial charge is 0.0194 e. The van der Waals surface area contributed by atoms with E-state index in [2.05, 4.69) is 12.2 Å². The van der Waals surface area contributed by atoms with Crippen molar-refractivity contribution in [1.82, 2.24) is 0 Å². The Morgan fingerprint density at radius 3 is 3.00 bits per heavy atom. The number of hydrogen-bond donors (Lipinski definition) is 1. The van der Waals surface area contributed by atoms with Crippen LogP contribution in [0.15, 0.2) is 12.2 Å². The van der Waals surface area contributed by atoms with E-state index in [9.17, 15) is 0 Å². The number of hydrogen-bond acceptors (Lipinski definition) is 2. The normalized spacial score (nSPS) is 29.6. The summed E-state index contributed by atoms with van der Waals surface area (Å²) < 4.78 is 0. The molecule has 10 heavy (non-hydrogen) atoms. The molecule has 0 aliphatic carbocycles. The third-order valence-corrected chi connectivity index (χ3v) is 2.84. The van der Waals surface area contributed by atoms with Gasteiger partial charge in [-0.15, -0.1) is 0 Å². The molecule has 2 N–H and O–H groups in total. The summed E-state index contributed by atoms with van der Waals surface area (Å²) in [6.45, 7) is 2.01. The third kappa shape index (κ3) is 2.76. The van der Waals surface area contributed by atoms with Crippen LogP contribution in [0, 0.1) is 5.92 Å². The predicted octanol–water partition coefficient (Wildman–Crippen LogP) is 1.64. The van der Waals surface area contributed by atoms with Crippen molar-refractivity contribution in [2.75, 3.05) is 11.5 Å². The van der Waals surface area contributed by atoms with Gasteiger partial charge in [0.1, 0.15) is 0 Å². The third-order valence-electron chi connectivity index (χ3n) is 1.65. The van der Waals surface area contributed by atoms with E-state index in [1.807, 2.05) is 18.7 Å². The van der Waals surface area contributed by atoms with E-state index < -0.39 is 0 Å². The van der Waals surface area contributed by atoms with Gasteiger partial charge in [0.25, 0.3) is 0 Å². The standard InChI is InChI=1S/C8H15NS/c1-7(9)2-3-8-4-5-10-6-8/h2-3,7-8H,4-6,9H2,1H3/b3-2+. The number of thioether (sulfide) groups is 1. The van der Waals surface area contributed by atoms with Gasteiger partial charge in [-0.1, -0.05) is 12.2 Å². The Kier molecular flexibility index (Phi) is 3.29. The van der Waals surface area contributed by atoms with E-state index >= 15 is 0 Å². The molecule has 1 aliphatic heterocycles. The summed E-state index contributed by atoms with van der Waals surface area (Å²) >= 11 is 2.04. The Morgan fingerprint density at radius 1 is 1.70 bits per heavy atom. The van der Waals surface area contributed by atoms with Crippen molar-refractivity contribution in [1.29, 1.82) is 0 Å². The summed E-state index contributed by atoms with van der Waals surface area (Å²) in [4.78, 5) is 0. The van der Waals surface area contributed by atoms with Crippen LogP contribution < -0.4 is 5.73 Å². The number of allylic oxidation sites excluding steroid dienone is 1. The SMILES string of the molecule is CC(N)/C=C/C1CCSC1. The summed E-state index contributed by atoms with van der Waals surface area (Å²) in [7, 11) is 0. The minimum absolute atomic E-state index is 0.227. The van der Waals surface area contributed by atoms with Crippen LogP contribution in [0.25, 0.3) is 0 Å². The first-order chi connectivity index (χ1) is 4.79. The highest BCUT2D eigenvalue weighted by Gasteiger charge is 2.11. The van der Waals surface area contributed by atoms with Crippen molar-refractivity contribution in [3.8, 4) is 0 Å². The minimum Gasteiger partial charge on any atom is -0.325 e. The van der Waals surface area contributed by atoms with E-state index in [4.69, 9.17) is 5.73 Å². The molecule has 0 spiro atoms. The molecule has 1 saturated heterocycles. The zero-order valence-corrected chi connectivity index (χ0v) is 7.23. The quantitative estimate of drug-likeness (QED) is 0.617. The fraction of sp³-hybridized carbons (Fsp3) is 0.750. The number of nitrogens with two attached hydrogens (primary N) is 1. The molecule has 1 rings (SSSR count). The molecular formula is C8H15NS. The second-order valence-corrected chi connectivity index (χ2v) is 4.02. The highest BCUT2D eigenvalue weighted by atomic mass is 32.2. The van der Waals surface area contributed by atoms with E-state index in [0.29, 0.717) is 0 Å². The molecular weight excluding hydrogens is 142 g/mol. The second kappa shape index (κ2) is 4.04. The Hall–Kier alpha value is 0.0500. The lowest BCUT2D eigenvalue weighted by molar-refractivity contribution is 0.738. The average Bonchev–Trinajstić information content (AvgIpc) is 2.34. The lowest BCUT2D eigenvalue weighted by atomic mass is 10.1. The fourth-order valence-electron chi connectivity index (χ4n) is 1.04. The van der Waals surface area contributed by atoms with Gasteiger partial charge in [-0.25, -0.2) is 0 Å². The van der Waals surface area contributed by atoms with Gasteiger partial charge in [-0.05, 0) is 30.8 Å². The minimum atomic E-state index is 0.227. The first-order valence-electron chi connectivity index (χ1n) is 3.80. The molecule has 2 heteroatoms. The van der Waals surface area contributed by atoms with Gasteiger partial charge in [0, 0.05) is 6.04 Å². The van der Waals surface area contributed by atoms with E-state index in [0.717, 1.165) is 5.92 Å². The molecule has 2 atom stereocenters. The van der Waals surface area contributed by atoms with Gasteiger partial charge in [-0.2, -0.15) is 11.8 Å². The summed E-state index contributed by atoms with van der Waals surface area (Å²) in [6.07, 6.45) is 5.72. The van der Waals surface area contributed by atoms with Crippen LogP contribution in [-0.2, 0) is 0 Å². The van der Waals surface area contributed by atoms with Crippen molar-refractivity contribution >= 4 is 11.8 Å². The Bertz CT molecular complexity index is 114.